The first-order valence-electron chi connectivity index (χ1n) is 7.39. The van der Waals surface area contributed by atoms with Gasteiger partial charge in [-0.3, -0.25) is 4.79 Å². The van der Waals surface area contributed by atoms with Crippen LogP contribution >= 0.6 is 15.9 Å². The lowest BCUT2D eigenvalue weighted by Gasteiger charge is -2.16. The number of benzene rings is 1. The summed E-state index contributed by atoms with van der Waals surface area (Å²) in [4.78, 5) is 23.4. The van der Waals surface area contributed by atoms with Crippen molar-refractivity contribution in [2.45, 2.75) is 50.9 Å². The molecule has 1 aliphatic heterocycles. The fourth-order valence-corrected chi connectivity index (χ4v) is 2.83. The van der Waals surface area contributed by atoms with Gasteiger partial charge in [0.25, 0.3) is 0 Å². The molecule has 5 nitrogen and oxygen atoms in total. The van der Waals surface area contributed by atoms with E-state index in [0.29, 0.717) is 12.0 Å². The molecule has 0 spiro atoms. The van der Waals surface area contributed by atoms with E-state index < -0.39 is 12.0 Å². The molecule has 0 saturated carbocycles. The first-order valence-corrected chi connectivity index (χ1v) is 8.18. The van der Waals surface area contributed by atoms with E-state index >= 15 is 0 Å². The van der Waals surface area contributed by atoms with Crippen LogP contribution in [0.15, 0.2) is 28.7 Å². The normalized spacial score (nSPS) is 22.3. The van der Waals surface area contributed by atoms with Gasteiger partial charge in [0.05, 0.1) is 12.2 Å². The van der Waals surface area contributed by atoms with Gasteiger partial charge in [-0.1, -0.05) is 28.1 Å². The first kappa shape index (κ1) is 17.0. The summed E-state index contributed by atoms with van der Waals surface area (Å²) in [5.41, 5.74) is 0.551. The molecule has 3 atom stereocenters. The Morgan fingerprint density at radius 2 is 2.05 bits per heavy atom. The second-order valence-electron chi connectivity index (χ2n) is 5.58. The largest absolute Gasteiger partial charge is 0.479 e. The Kier molecular flexibility index (Phi) is 5.97. The molecule has 0 bridgehead atoms. The average Bonchev–Trinajstić information content (AvgIpc) is 2.89. The Balaban J connectivity index is 1.89. The van der Waals surface area contributed by atoms with Gasteiger partial charge in [-0.25, -0.2) is 4.79 Å². The fourth-order valence-electron chi connectivity index (χ4n) is 2.57. The zero-order valence-electron chi connectivity index (χ0n) is 12.4. The number of rotatable bonds is 6. The number of carbonyl (C=O) groups excluding carboxylic acids is 1. The van der Waals surface area contributed by atoms with Crippen molar-refractivity contribution in [3.05, 3.63) is 34.3 Å². The highest BCUT2D eigenvalue weighted by atomic mass is 79.9. The standard InChI is InChI=1S/C16H20BrNO4/c1-10-2-7-13(22-10)8-9-14(19)18-15(16(20)21)11-3-5-12(17)6-4-11/h3-6,10,13,15H,2,7-9H2,1H3,(H,18,19)(H,20,21). The molecule has 1 aliphatic rings. The van der Waals surface area contributed by atoms with Crippen LogP contribution < -0.4 is 5.32 Å². The Morgan fingerprint density at radius 3 is 2.59 bits per heavy atom. The maximum absolute atomic E-state index is 12.0. The molecular weight excluding hydrogens is 350 g/mol. The Labute approximate surface area is 138 Å². The fraction of sp³-hybridized carbons (Fsp3) is 0.500. The van der Waals surface area contributed by atoms with Crippen LogP contribution in [0.4, 0.5) is 0 Å². The third-order valence-electron chi connectivity index (χ3n) is 3.77. The summed E-state index contributed by atoms with van der Waals surface area (Å²) >= 11 is 3.30. The molecule has 1 fully saturated rings. The highest BCUT2D eigenvalue weighted by molar-refractivity contribution is 9.10. The number of halogens is 1. The molecule has 22 heavy (non-hydrogen) atoms. The Morgan fingerprint density at radius 1 is 1.36 bits per heavy atom. The zero-order chi connectivity index (χ0) is 16.1. The minimum absolute atomic E-state index is 0.108. The zero-order valence-corrected chi connectivity index (χ0v) is 14.0. The van der Waals surface area contributed by atoms with Crippen LogP contribution in [0.1, 0.15) is 44.2 Å². The summed E-state index contributed by atoms with van der Waals surface area (Å²) in [6.45, 7) is 2.02. The van der Waals surface area contributed by atoms with Crippen molar-refractivity contribution in [2.24, 2.45) is 0 Å². The van der Waals surface area contributed by atoms with E-state index in [4.69, 9.17) is 4.74 Å². The van der Waals surface area contributed by atoms with E-state index in [1.165, 1.54) is 0 Å². The Hall–Kier alpha value is -1.40. The highest BCUT2D eigenvalue weighted by Gasteiger charge is 2.25. The van der Waals surface area contributed by atoms with Gasteiger partial charge in [0.15, 0.2) is 6.04 Å². The van der Waals surface area contributed by atoms with Gasteiger partial charge in [0, 0.05) is 10.9 Å². The third-order valence-corrected chi connectivity index (χ3v) is 4.30. The number of aliphatic carboxylic acids is 1. The quantitative estimate of drug-likeness (QED) is 0.807. The second kappa shape index (κ2) is 7.74. The number of ether oxygens (including phenoxy) is 1. The predicted molar refractivity (Wildman–Crippen MR) is 85.5 cm³/mol. The topological polar surface area (TPSA) is 75.6 Å². The van der Waals surface area contributed by atoms with Crippen LogP contribution in [0.2, 0.25) is 0 Å². The first-order chi connectivity index (χ1) is 10.5. The molecule has 1 aromatic rings. The maximum Gasteiger partial charge on any atom is 0.330 e. The minimum Gasteiger partial charge on any atom is -0.479 e. The van der Waals surface area contributed by atoms with E-state index in [1.807, 2.05) is 6.92 Å². The van der Waals surface area contributed by atoms with Crippen molar-refractivity contribution in [1.82, 2.24) is 5.32 Å². The van der Waals surface area contributed by atoms with Gasteiger partial charge in [-0.15, -0.1) is 0 Å². The highest BCUT2D eigenvalue weighted by Crippen LogP contribution is 2.23. The van der Waals surface area contributed by atoms with Gasteiger partial charge in [-0.2, -0.15) is 0 Å². The van der Waals surface area contributed by atoms with Crippen LogP contribution in [-0.4, -0.2) is 29.2 Å². The molecule has 1 heterocycles. The molecule has 0 aliphatic carbocycles. The minimum atomic E-state index is -1.07. The number of carbonyl (C=O) groups is 2. The SMILES string of the molecule is CC1CCC(CCC(=O)NC(C(=O)O)c2ccc(Br)cc2)O1. The molecule has 2 N–H and O–H groups in total. The van der Waals surface area contributed by atoms with Crippen LogP contribution in [0, 0.1) is 0 Å². The summed E-state index contributed by atoms with van der Waals surface area (Å²) in [6, 6.07) is 5.86. The van der Waals surface area contributed by atoms with Crippen molar-refractivity contribution >= 4 is 27.8 Å². The van der Waals surface area contributed by atoms with Gasteiger partial charge in [0.1, 0.15) is 0 Å². The van der Waals surface area contributed by atoms with Crippen molar-refractivity contribution in [1.29, 1.82) is 0 Å². The molecule has 120 valence electrons. The third kappa shape index (κ3) is 4.81. The van der Waals surface area contributed by atoms with Crippen molar-refractivity contribution < 1.29 is 19.4 Å². The molecule has 0 aromatic heterocycles. The second-order valence-corrected chi connectivity index (χ2v) is 6.49. The van der Waals surface area contributed by atoms with E-state index in [2.05, 4.69) is 21.2 Å². The Bertz CT molecular complexity index is 531. The number of nitrogens with one attached hydrogen (secondary N) is 1. The molecule has 1 saturated heterocycles. The van der Waals surface area contributed by atoms with Crippen LogP contribution in [0.5, 0.6) is 0 Å². The van der Waals surface area contributed by atoms with E-state index in [-0.39, 0.29) is 24.5 Å². The van der Waals surface area contributed by atoms with Crippen molar-refractivity contribution in [2.75, 3.05) is 0 Å². The molecule has 6 heteroatoms. The average molecular weight is 370 g/mol. The van der Waals surface area contributed by atoms with Gasteiger partial charge < -0.3 is 15.2 Å². The summed E-state index contributed by atoms with van der Waals surface area (Å²) in [5.74, 6) is -1.33. The molecular formula is C16H20BrNO4. The molecule has 1 aromatic carbocycles. The lowest BCUT2D eigenvalue weighted by molar-refractivity contribution is -0.142. The summed E-state index contributed by atoms with van der Waals surface area (Å²) < 4.78 is 6.52. The maximum atomic E-state index is 12.0. The number of carboxylic acids is 1. The monoisotopic (exact) mass is 369 g/mol. The molecule has 3 unspecified atom stereocenters. The van der Waals surface area contributed by atoms with Gasteiger partial charge in [0.2, 0.25) is 5.91 Å². The van der Waals surface area contributed by atoms with E-state index in [9.17, 15) is 14.7 Å². The van der Waals surface area contributed by atoms with E-state index in [1.54, 1.807) is 24.3 Å². The van der Waals surface area contributed by atoms with Crippen molar-refractivity contribution in [3.8, 4) is 0 Å². The number of carboxylic acid groups (broad SMARTS) is 1. The van der Waals surface area contributed by atoms with Crippen LogP contribution in [0.3, 0.4) is 0 Å². The number of hydrogen-bond donors (Lipinski definition) is 2. The van der Waals surface area contributed by atoms with E-state index in [0.717, 1.165) is 17.3 Å². The smallest absolute Gasteiger partial charge is 0.330 e. The lowest BCUT2D eigenvalue weighted by atomic mass is 10.1. The van der Waals surface area contributed by atoms with Gasteiger partial charge >= 0.3 is 5.97 Å². The predicted octanol–water partition coefficient (Wildman–Crippen LogP) is 3.04. The van der Waals surface area contributed by atoms with Crippen molar-refractivity contribution in [3.63, 3.8) is 0 Å². The van der Waals surface area contributed by atoms with Crippen LogP contribution in [0.25, 0.3) is 0 Å². The molecule has 0 radical (unpaired) electrons. The number of amides is 1. The summed E-state index contributed by atoms with van der Waals surface area (Å²) in [6.07, 6.45) is 3.24. The number of hydrogen-bond acceptors (Lipinski definition) is 3. The summed E-state index contributed by atoms with van der Waals surface area (Å²) in [5, 5.41) is 11.9. The summed E-state index contributed by atoms with van der Waals surface area (Å²) in [7, 11) is 0. The van der Waals surface area contributed by atoms with Gasteiger partial charge in [-0.05, 0) is 43.9 Å². The van der Waals surface area contributed by atoms with Crippen LogP contribution in [-0.2, 0) is 14.3 Å². The molecule has 2 rings (SSSR count). The molecule has 1 amide bonds. The lowest BCUT2D eigenvalue weighted by Crippen LogP contribution is -2.34.